The fraction of sp³-hybridized carbons (Fsp3) is 0.929. The molecule has 1 amide bonds. The Morgan fingerprint density at radius 1 is 1.33 bits per heavy atom. The van der Waals surface area contributed by atoms with Gasteiger partial charge >= 0.3 is 0 Å². The Morgan fingerprint density at radius 3 is 2.67 bits per heavy atom. The van der Waals surface area contributed by atoms with Crippen molar-refractivity contribution in [3.05, 3.63) is 0 Å². The first-order valence-corrected chi connectivity index (χ1v) is 8.69. The first-order chi connectivity index (χ1) is 9.25. The van der Waals surface area contributed by atoms with Gasteiger partial charge in [0.05, 0.1) is 0 Å². The molecule has 0 bridgehead atoms. The summed E-state index contributed by atoms with van der Waals surface area (Å²) in [6, 6.07) is 1.11. The number of amides is 1. The van der Waals surface area contributed by atoms with Crippen LogP contribution in [0.3, 0.4) is 0 Å². The molecule has 0 aromatic rings. The van der Waals surface area contributed by atoms with E-state index < -0.39 is 0 Å². The topological polar surface area (TPSA) is 44.4 Å². The van der Waals surface area contributed by atoms with Gasteiger partial charge in [-0.25, -0.2) is 0 Å². The van der Waals surface area contributed by atoms with E-state index in [1.54, 1.807) is 0 Å². The molecule has 0 aromatic heterocycles. The molecule has 1 saturated heterocycles. The summed E-state index contributed by atoms with van der Waals surface area (Å²) >= 11 is 1.94. The molecule has 1 aliphatic carbocycles. The lowest BCUT2D eigenvalue weighted by atomic mass is 10.2. The summed E-state index contributed by atoms with van der Waals surface area (Å²) < 4.78 is 0. The lowest BCUT2D eigenvalue weighted by molar-refractivity contribution is -0.121. The second kappa shape index (κ2) is 11.8. The van der Waals surface area contributed by atoms with Crippen LogP contribution in [0.15, 0.2) is 0 Å². The standard InChI is InChI=1S/C14H27N3OS.2ClH/c1-17(13-4-2-3-5-13)8-6-16-14(18)10-12-11-19-9-7-15-12;;/h12-13,15H,2-11H2,1H3,(H,16,18);2*1H. The van der Waals surface area contributed by atoms with E-state index in [1.807, 2.05) is 11.8 Å². The van der Waals surface area contributed by atoms with E-state index in [4.69, 9.17) is 0 Å². The van der Waals surface area contributed by atoms with Crippen LogP contribution in [0.2, 0.25) is 0 Å². The Morgan fingerprint density at radius 2 is 2.05 bits per heavy atom. The van der Waals surface area contributed by atoms with Gasteiger partial charge in [-0.15, -0.1) is 24.8 Å². The minimum Gasteiger partial charge on any atom is -0.355 e. The third kappa shape index (κ3) is 7.93. The van der Waals surface area contributed by atoms with Crippen LogP contribution in [0, 0.1) is 0 Å². The van der Waals surface area contributed by atoms with Crippen molar-refractivity contribution < 1.29 is 4.79 Å². The highest BCUT2D eigenvalue weighted by Crippen LogP contribution is 2.21. The van der Waals surface area contributed by atoms with E-state index >= 15 is 0 Å². The van der Waals surface area contributed by atoms with E-state index in [2.05, 4.69) is 22.6 Å². The van der Waals surface area contributed by atoms with Gasteiger partial charge in [0.25, 0.3) is 0 Å². The number of thioether (sulfide) groups is 1. The van der Waals surface area contributed by atoms with Crippen molar-refractivity contribution in [2.75, 3.05) is 38.2 Å². The third-order valence-electron chi connectivity index (χ3n) is 4.16. The van der Waals surface area contributed by atoms with E-state index in [0.29, 0.717) is 12.5 Å². The van der Waals surface area contributed by atoms with Crippen molar-refractivity contribution in [3.63, 3.8) is 0 Å². The Hall–Kier alpha value is 0.320. The summed E-state index contributed by atoms with van der Waals surface area (Å²) in [4.78, 5) is 14.2. The number of nitrogens with one attached hydrogen (secondary N) is 2. The van der Waals surface area contributed by atoms with Crippen LogP contribution in [0.4, 0.5) is 0 Å². The highest BCUT2D eigenvalue weighted by molar-refractivity contribution is 7.99. The Balaban J connectivity index is 0.00000200. The molecule has 0 spiro atoms. The molecule has 4 nitrogen and oxygen atoms in total. The maximum absolute atomic E-state index is 11.8. The Bertz CT molecular complexity index is 285. The molecule has 1 saturated carbocycles. The molecule has 1 atom stereocenters. The highest BCUT2D eigenvalue weighted by Gasteiger charge is 2.19. The summed E-state index contributed by atoms with van der Waals surface area (Å²) in [6.07, 6.45) is 6.01. The molecule has 7 heteroatoms. The fourth-order valence-electron chi connectivity index (χ4n) is 2.95. The smallest absolute Gasteiger partial charge is 0.221 e. The largest absolute Gasteiger partial charge is 0.355 e. The molecule has 1 unspecified atom stereocenters. The molecular weight excluding hydrogens is 329 g/mol. The second-order valence-electron chi connectivity index (χ2n) is 5.70. The number of likely N-dealkylation sites (N-methyl/N-ethyl adjacent to an activating group) is 1. The zero-order chi connectivity index (χ0) is 13.5. The van der Waals surface area contributed by atoms with Crippen molar-refractivity contribution in [1.82, 2.24) is 15.5 Å². The van der Waals surface area contributed by atoms with Gasteiger partial charge < -0.3 is 15.5 Å². The number of rotatable bonds is 6. The zero-order valence-corrected chi connectivity index (χ0v) is 15.3. The number of hydrogen-bond donors (Lipinski definition) is 2. The van der Waals surface area contributed by atoms with E-state index in [9.17, 15) is 4.79 Å². The average molecular weight is 358 g/mol. The van der Waals surface area contributed by atoms with E-state index in [1.165, 1.54) is 31.4 Å². The van der Waals surface area contributed by atoms with Gasteiger partial charge in [-0.1, -0.05) is 12.8 Å². The minimum absolute atomic E-state index is 0. The summed E-state index contributed by atoms with van der Waals surface area (Å²) in [5.74, 6) is 2.43. The summed E-state index contributed by atoms with van der Waals surface area (Å²) in [6.45, 7) is 2.79. The van der Waals surface area contributed by atoms with Crippen LogP contribution < -0.4 is 10.6 Å². The van der Waals surface area contributed by atoms with Crippen LogP contribution in [-0.4, -0.2) is 61.1 Å². The van der Waals surface area contributed by atoms with Gasteiger partial charge in [-0.2, -0.15) is 11.8 Å². The SMILES string of the molecule is CN(CCNC(=O)CC1CSCCN1)C1CCCC1.Cl.Cl. The first kappa shape index (κ1) is 21.3. The van der Waals surface area contributed by atoms with Crippen molar-refractivity contribution >= 4 is 42.5 Å². The molecule has 21 heavy (non-hydrogen) atoms. The van der Waals surface area contributed by atoms with Crippen molar-refractivity contribution in [1.29, 1.82) is 0 Å². The minimum atomic E-state index is 0. The molecule has 1 heterocycles. The van der Waals surface area contributed by atoms with Crippen molar-refractivity contribution in [2.45, 2.75) is 44.2 Å². The molecule has 0 aromatic carbocycles. The van der Waals surface area contributed by atoms with Gasteiger partial charge in [0.1, 0.15) is 0 Å². The molecule has 1 aliphatic heterocycles. The normalized spacial score (nSPS) is 22.5. The van der Waals surface area contributed by atoms with Gasteiger partial charge in [-0.05, 0) is 19.9 Å². The predicted molar refractivity (Wildman–Crippen MR) is 96.1 cm³/mol. The number of nitrogens with zero attached hydrogens (tertiary/aromatic N) is 1. The van der Waals surface area contributed by atoms with Gasteiger partial charge in [0, 0.05) is 49.6 Å². The highest BCUT2D eigenvalue weighted by atomic mass is 35.5. The van der Waals surface area contributed by atoms with Crippen LogP contribution in [0.5, 0.6) is 0 Å². The molecule has 2 aliphatic rings. The summed E-state index contributed by atoms with van der Waals surface area (Å²) in [5.41, 5.74) is 0. The lowest BCUT2D eigenvalue weighted by Crippen LogP contribution is -2.43. The summed E-state index contributed by atoms with van der Waals surface area (Å²) in [5, 5.41) is 6.46. The predicted octanol–water partition coefficient (Wildman–Crippen LogP) is 1.92. The van der Waals surface area contributed by atoms with Crippen LogP contribution >= 0.6 is 36.6 Å². The van der Waals surface area contributed by atoms with Crippen LogP contribution in [-0.2, 0) is 4.79 Å². The van der Waals surface area contributed by atoms with Crippen LogP contribution in [0.25, 0.3) is 0 Å². The zero-order valence-electron chi connectivity index (χ0n) is 12.8. The maximum atomic E-state index is 11.8. The fourth-order valence-corrected chi connectivity index (χ4v) is 3.90. The molecule has 126 valence electrons. The van der Waals surface area contributed by atoms with Gasteiger partial charge in [0.15, 0.2) is 0 Å². The number of halogens is 2. The Labute approximate surface area is 145 Å². The molecule has 2 fully saturated rings. The number of carbonyl (C=O) groups excluding carboxylic acids is 1. The molecular formula is C14H29Cl2N3OS. The van der Waals surface area contributed by atoms with Crippen LogP contribution in [0.1, 0.15) is 32.1 Å². The first-order valence-electron chi connectivity index (χ1n) is 7.54. The third-order valence-corrected chi connectivity index (χ3v) is 5.30. The Kier molecular flexibility index (Phi) is 12.0. The molecule has 2 N–H and O–H groups in total. The monoisotopic (exact) mass is 357 g/mol. The average Bonchev–Trinajstić information content (AvgIpc) is 2.93. The maximum Gasteiger partial charge on any atom is 0.221 e. The molecule has 2 rings (SSSR count). The summed E-state index contributed by atoms with van der Waals surface area (Å²) in [7, 11) is 2.18. The molecule has 0 radical (unpaired) electrons. The van der Waals surface area contributed by atoms with E-state index in [-0.39, 0.29) is 30.7 Å². The van der Waals surface area contributed by atoms with Crippen molar-refractivity contribution in [2.24, 2.45) is 0 Å². The van der Waals surface area contributed by atoms with Crippen molar-refractivity contribution in [3.8, 4) is 0 Å². The second-order valence-corrected chi connectivity index (χ2v) is 6.85. The lowest BCUT2D eigenvalue weighted by Gasteiger charge is -2.25. The van der Waals surface area contributed by atoms with Gasteiger partial charge in [0.2, 0.25) is 5.91 Å². The number of carbonyl (C=O) groups is 1. The van der Waals surface area contributed by atoms with Gasteiger partial charge in [-0.3, -0.25) is 4.79 Å². The number of hydrogen-bond acceptors (Lipinski definition) is 4. The quantitative estimate of drug-likeness (QED) is 0.762. The van der Waals surface area contributed by atoms with E-state index in [0.717, 1.165) is 31.4 Å².